The van der Waals surface area contributed by atoms with Crippen LogP contribution < -0.4 is 10.9 Å². The zero-order chi connectivity index (χ0) is 18.0. The Morgan fingerprint density at radius 3 is 2.48 bits per heavy atom. The molecule has 3 rings (SSSR count). The Hall–Kier alpha value is -2.55. The third-order valence-corrected chi connectivity index (χ3v) is 4.98. The number of nitrogens with one attached hydrogen (secondary N) is 2. The average molecular weight is 362 g/mol. The normalized spacial score (nSPS) is 14.3. The Morgan fingerprint density at radius 2 is 1.92 bits per heavy atom. The molecule has 0 bridgehead atoms. The largest absolute Gasteiger partial charge is 0.353 e. The number of hydrogen-bond acceptors (Lipinski definition) is 6. The van der Waals surface area contributed by atoms with Gasteiger partial charge in [0.25, 0.3) is 5.56 Å². The Kier molecular flexibility index (Phi) is 4.67. The van der Waals surface area contributed by atoms with Gasteiger partial charge in [-0.2, -0.15) is 0 Å². The van der Waals surface area contributed by atoms with E-state index in [1.165, 1.54) is 12.1 Å². The molecule has 1 aromatic heterocycles. The third kappa shape index (κ3) is 4.50. The Bertz CT molecular complexity index is 947. The molecule has 1 aliphatic rings. The second-order valence-electron chi connectivity index (χ2n) is 6.09. The van der Waals surface area contributed by atoms with E-state index < -0.39 is 15.4 Å². The van der Waals surface area contributed by atoms with Crippen LogP contribution in [0.25, 0.3) is 11.4 Å². The third-order valence-electron chi connectivity index (χ3n) is 3.85. The summed E-state index contributed by atoms with van der Waals surface area (Å²) in [5.41, 5.74) is 0.342. The molecule has 1 amide bonds. The lowest BCUT2D eigenvalue weighted by Crippen LogP contribution is -2.27. The van der Waals surface area contributed by atoms with E-state index in [2.05, 4.69) is 20.5 Å². The van der Waals surface area contributed by atoms with E-state index in [1.807, 2.05) is 0 Å². The molecule has 1 heterocycles. The number of benzene rings is 1. The van der Waals surface area contributed by atoms with E-state index in [9.17, 15) is 18.0 Å². The SMILES string of the molecule is CS(=O)(=O)c1ccc(-c2nnc(CCC(=O)NC3CC3)c(=O)[nH]2)cc1. The first-order valence-corrected chi connectivity index (χ1v) is 9.78. The first-order chi connectivity index (χ1) is 11.8. The minimum atomic E-state index is -3.28. The summed E-state index contributed by atoms with van der Waals surface area (Å²) >= 11 is 0. The number of carbonyl (C=O) groups excluding carboxylic acids is 1. The lowest BCUT2D eigenvalue weighted by molar-refractivity contribution is -0.121. The van der Waals surface area contributed by atoms with Crippen molar-refractivity contribution in [2.24, 2.45) is 0 Å². The van der Waals surface area contributed by atoms with E-state index in [0.717, 1.165) is 19.1 Å². The van der Waals surface area contributed by atoms with Gasteiger partial charge in [-0.1, -0.05) is 0 Å². The molecule has 1 aliphatic carbocycles. The van der Waals surface area contributed by atoms with Crippen LogP contribution in [-0.2, 0) is 21.1 Å². The number of amides is 1. The highest BCUT2D eigenvalue weighted by molar-refractivity contribution is 7.90. The van der Waals surface area contributed by atoms with Crippen LogP contribution in [0.2, 0.25) is 0 Å². The number of aromatic nitrogens is 3. The molecule has 1 aromatic carbocycles. The molecule has 1 saturated carbocycles. The van der Waals surface area contributed by atoms with Crippen molar-refractivity contribution in [3.63, 3.8) is 0 Å². The zero-order valence-electron chi connectivity index (χ0n) is 13.7. The first kappa shape index (κ1) is 17.3. The van der Waals surface area contributed by atoms with Crippen molar-refractivity contribution >= 4 is 15.7 Å². The number of rotatable bonds is 6. The Morgan fingerprint density at radius 1 is 1.24 bits per heavy atom. The van der Waals surface area contributed by atoms with Crippen molar-refractivity contribution in [3.05, 3.63) is 40.3 Å². The summed E-state index contributed by atoms with van der Waals surface area (Å²) in [5, 5.41) is 10.7. The predicted octanol–water partition coefficient (Wildman–Crippen LogP) is 0.447. The molecule has 2 aromatic rings. The molecule has 0 unspecified atom stereocenters. The van der Waals surface area contributed by atoms with E-state index in [4.69, 9.17) is 0 Å². The van der Waals surface area contributed by atoms with Gasteiger partial charge < -0.3 is 10.3 Å². The van der Waals surface area contributed by atoms with Crippen LogP contribution in [0.3, 0.4) is 0 Å². The highest BCUT2D eigenvalue weighted by Gasteiger charge is 2.23. The molecule has 1 fully saturated rings. The number of H-pyrrole nitrogens is 1. The van der Waals surface area contributed by atoms with Crippen molar-refractivity contribution in [2.75, 3.05) is 6.26 Å². The summed E-state index contributed by atoms with van der Waals surface area (Å²) in [4.78, 5) is 26.6. The van der Waals surface area contributed by atoms with Crippen molar-refractivity contribution in [1.82, 2.24) is 20.5 Å². The topological polar surface area (TPSA) is 122 Å². The van der Waals surface area contributed by atoms with E-state index in [-0.39, 0.29) is 41.2 Å². The molecule has 0 saturated heterocycles. The second-order valence-corrected chi connectivity index (χ2v) is 8.10. The van der Waals surface area contributed by atoms with Crippen LogP contribution in [0, 0.1) is 0 Å². The maximum atomic E-state index is 12.1. The number of nitrogens with zero attached hydrogens (tertiary/aromatic N) is 2. The van der Waals surface area contributed by atoms with E-state index in [1.54, 1.807) is 12.1 Å². The summed E-state index contributed by atoms with van der Waals surface area (Å²) in [7, 11) is -3.28. The summed E-state index contributed by atoms with van der Waals surface area (Å²) < 4.78 is 22.9. The van der Waals surface area contributed by atoms with Crippen molar-refractivity contribution in [3.8, 4) is 11.4 Å². The minimum Gasteiger partial charge on any atom is -0.353 e. The lowest BCUT2D eigenvalue weighted by Gasteiger charge is -2.04. The van der Waals surface area contributed by atoms with Crippen LogP contribution in [0.1, 0.15) is 25.0 Å². The lowest BCUT2D eigenvalue weighted by atomic mass is 10.2. The highest BCUT2D eigenvalue weighted by atomic mass is 32.2. The van der Waals surface area contributed by atoms with Gasteiger partial charge in [0, 0.05) is 30.7 Å². The summed E-state index contributed by atoms with van der Waals surface area (Å²) in [6.45, 7) is 0. The van der Waals surface area contributed by atoms with Crippen molar-refractivity contribution < 1.29 is 13.2 Å². The smallest absolute Gasteiger partial charge is 0.273 e. The van der Waals surface area contributed by atoms with Gasteiger partial charge in [0.15, 0.2) is 15.7 Å². The maximum Gasteiger partial charge on any atom is 0.273 e. The zero-order valence-corrected chi connectivity index (χ0v) is 14.5. The summed E-state index contributed by atoms with van der Waals surface area (Å²) in [5.74, 6) is 0.153. The molecule has 0 atom stereocenters. The molecule has 2 N–H and O–H groups in total. The highest BCUT2D eigenvalue weighted by Crippen LogP contribution is 2.19. The van der Waals surface area contributed by atoms with Crippen molar-refractivity contribution in [2.45, 2.75) is 36.6 Å². The van der Waals surface area contributed by atoms with E-state index >= 15 is 0 Å². The molecule has 132 valence electrons. The van der Waals surface area contributed by atoms with Gasteiger partial charge in [0.05, 0.1) is 4.90 Å². The van der Waals surface area contributed by atoms with Crippen molar-refractivity contribution in [1.29, 1.82) is 0 Å². The first-order valence-electron chi connectivity index (χ1n) is 7.88. The average Bonchev–Trinajstić information content (AvgIpc) is 3.37. The molecule has 0 aliphatic heterocycles. The minimum absolute atomic E-state index is 0.0934. The second kappa shape index (κ2) is 6.75. The fraction of sp³-hybridized carbons (Fsp3) is 0.375. The quantitative estimate of drug-likeness (QED) is 0.769. The number of aromatic amines is 1. The van der Waals surface area contributed by atoms with Gasteiger partial charge >= 0.3 is 0 Å². The Labute approximate surface area is 144 Å². The van der Waals surface area contributed by atoms with Gasteiger partial charge in [-0.3, -0.25) is 9.59 Å². The van der Waals surface area contributed by atoms with Gasteiger partial charge in [-0.05, 0) is 37.1 Å². The van der Waals surface area contributed by atoms with Gasteiger partial charge in [0.1, 0.15) is 5.69 Å². The molecule has 0 spiro atoms. The molecular weight excluding hydrogens is 344 g/mol. The van der Waals surface area contributed by atoms with Crippen LogP contribution in [0.5, 0.6) is 0 Å². The summed E-state index contributed by atoms with van der Waals surface area (Å²) in [6, 6.07) is 6.29. The molecule has 25 heavy (non-hydrogen) atoms. The predicted molar refractivity (Wildman–Crippen MR) is 90.7 cm³/mol. The fourth-order valence-electron chi connectivity index (χ4n) is 2.27. The number of hydrogen-bond donors (Lipinski definition) is 2. The molecule has 0 radical (unpaired) electrons. The standard InChI is InChI=1S/C16H18N4O4S/c1-25(23,24)12-6-2-10(3-7-12)15-18-16(22)13(19-20-15)8-9-14(21)17-11-4-5-11/h2-3,6-7,11H,4-5,8-9H2,1H3,(H,17,21)(H,18,20,22). The van der Waals surface area contributed by atoms with Crippen LogP contribution >= 0.6 is 0 Å². The maximum absolute atomic E-state index is 12.1. The number of aryl methyl sites for hydroxylation is 1. The van der Waals surface area contributed by atoms with Gasteiger partial charge in [-0.15, -0.1) is 10.2 Å². The Balaban J connectivity index is 1.70. The van der Waals surface area contributed by atoms with Crippen LogP contribution in [-0.4, -0.2) is 41.8 Å². The molecule has 8 nitrogen and oxygen atoms in total. The number of sulfone groups is 1. The molecular formula is C16H18N4O4S. The monoisotopic (exact) mass is 362 g/mol. The van der Waals surface area contributed by atoms with Crippen LogP contribution in [0.4, 0.5) is 0 Å². The van der Waals surface area contributed by atoms with E-state index in [0.29, 0.717) is 5.56 Å². The van der Waals surface area contributed by atoms with Crippen LogP contribution in [0.15, 0.2) is 34.0 Å². The molecule has 9 heteroatoms. The van der Waals surface area contributed by atoms with Gasteiger partial charge in [0.2, 0.25) is 5.91 Å². The fourth-order valence-corrected chi connectivity index (χ4v) is 2.90. The number of carbonyl (C=O) groups is 1. The summed E-state index contributed by atoms with van der Waals surface area (Å²) in [6.07, 6.45) is 3.56. The van der Waals surface area contributed by atoms with Gasteiger partial charge in [-0.25, -0.2) is 8.42 Å².